The molecule has 0 N–H and O–H groups in total. The summed E-state index contributed by atoms with van der Waals surface area (Å²) in [5.41, 5.74) is 2.79. The van der Waals surface area contributed by atoms with E-state index in [2.05, 4.69) is 51.1 Å². The molecule has 0 aliphatic carbocycles. The Morgan fingerprint density at radius 3 is 1.67 bits per heavy atom. The average Bonchev–Trinajstić information content (AvgIpc) is 2.33. The zero-order valence-electron chi connectivity index (χ0n) is 11.2. The van der Waals surface area contributed by atoms with Gasteiger partial charge in [-0.3, -0.25) is 0 Å². The molecule has 0 aromatic heterocycles. The number of allylic oxidation sites excluding steroid dienone is 2. The highest BCUT2D eigenvalue weighted by Gasteiger charge is 1.79. The van der Waals surface area contributed by atoms with Crippen molar-refractivity contribution >= 4 is 0 Å². The van der Waals surface area contributed by atoms with Crippen molar-refractivity contribution in [2.45, 2.75) is 48.0 Å². The van der Waals surface area contributed by atoms with E-state index in [0.29, 0.717) is 0 Å². The summed E-state index contributed by atoms with van der Waals surface area (Å²) in [6.07, 6.45) is 3.22. The summed E-state index contributed by atoms with van der Waals surface area (Å²) < 4.78 is 0. The molecule has 86 valence electrons. The second-order valence-electron chi connectivity index (χ2n) is 3.21. The van der Waals surface area contributed by atoms with Gasteiger partial charge in [-0.2, -0.15) is 0 Å². The third-order valence-electron chi connectivity index (χ3n) is 1.83. The predicted molar refractivity (Wildman–Crippen MR) is 72.3 cm³/mol. The summed E-state index contributed by atoms with van der Waals surface area (Å²) in [5, 5.41) is 0. The van der Waals surface area contributed by atoms with Gasteiger partial charge in [0.25, 0.3) is 0 Å². The number of rotatable bonds is 1. The van der Waals surface area contributed by atoms with Gasteiger partial charge in [-0.15, -0.1) is 0 Å². The van der Waals surface area contributed by atoms with Crippen LogP contribution in [0.1, 0.15) is 47.1 Å². The Balaban J connectivity index is 0. The van der Waals surface area contributed by atoms with Crippen molar-refractivity contribution in [1.82, 2.24) is 0 Å². The summed E-state index contributed by atoms with van der Waals surface area (Å²) in [7, 11) is 0. The quantitative estimate of drug-likeness (QED) is 0.551. The molecule has 0 atom stereocenters. The van der Waals surface area contributed by atoms with Crippen LogP contribution in [0.25, 0.3) is 0 Å². The van der Waals surface area contributed by atoms with Crippen molar-refractivity contribution in [3.05, 3.63) is 47.5 Å². The van der Waals surface area contributed by atoms with E-state index in [-0.39, 0.29) is 0 Å². The molecule has 1 aromatic carbocycles. The molecule has 0 heteroatoms. The Hall–Kier alpha value is -1.04. The zero-order chi connectivity index (χ0) is 12.1. The SMILES string of the molecule is CC.CC=C(C)C.CCc1ccccc1. The summed E-state index contributed by atoms with van der Waals surface area (Å²) in [4.78, 5) is 0. The molecule has 0 unspecified atom stereocenters. The largest absolute Gasteiger partial charge is 0.0890 e. The summed E-state index contributed by atoms with van der Waals surface area (Å²) >= 11 is 0. The van der Waals surface area contributed by atoms with Crippen LogP contribution in [0.3, 0.4) is 0 Å². The molecule has 0 saturated carbocycles. The lowest BCUT2D eigenvalue weighted by Gasteiger charge is -1.89. The van der Waals surface area contributed by atoms with Crippen molar-refractivity contribution in [2.24, 2.45) is 0 Å². The number of aryl methyl sites for hydroxylation is 1. The van der Waals surface area contributed by atoms with Gasteiger partial charge in [-0.1, -0.05) is 62.8 Å². The Morgan fingerprint density at radius 1 is 1.07 bits per heavy atom. The lowest BCUT2D eigenvalue weighted by molar-refractivity contribution is 1.14. The van der Waals surface area contributed by atoms with E-state index in [4.69, 9.17) is 0 Å². The molecular formula is C15H26. The van der Waals surface area contributed by atoms with Gasteiger partial charge in [0.15, 0.2) is 0 Å². The van der Waals surface area contributed by atoms with E-state index in [9.17, 15) is 0 Å². The van der Waals surface area contributed by atoms with Crippen LogP contribution in [-0.2, 0) is 6.42 Å². The molecule has 0 heterocycles. The average molecular weight is 206 g/mol. The Kier molecular flexibility index (Phi) is 14.2. The lowest BCUT2D eigenvalue weighted by atomic mass is 10.2. The van der Waals surface area contributed by atoms with E-state index < -0.39 is 0 Å². The van der Waals surface area contributed by atoms with Gasteiger partial charge < -0.3 is 0 Å². The van der Waals surface area contributed by atoms with Crippen LogP contribution in [0.15, 0.2) is 42.0 Å². The van der Waals surface area contributed by atoms with Gasteiger partial charge >= 0.3 is 0 Å². The fourth-order valence-corrected chi connectivity index (χ4v) is 0.714. The summed E-state index contributed by atoms with van der Waals surface area (Å²) in [5.74, 6) is 0. The van der Waals surface area contributed by atoms with Crippen LogP contribution < -0.4 is 0 Å². The third kappa shape index (κ3) is 13.0. The smallest absolute Gasteiger partial charge is 0.0307 e. The molecule has 1 aromatic rings. The molecule has 0 radical (unpaired) electrons. The minimum atomic E-state index is 1.14. The van der Waals surface area contributed by atoms with Crippen LogP contribution in [-0.4, -0.2) is 0 Å². The molecule has 0 aliphatic rings. The molecule has 0 aliphatic heterocycles. The van der Waals surface area contributed by atoms with Crippen molar-refractivity contribution < 1.29 is 0 Å². The van der Waals surface area contributed by atoms with Crippen LogP contribution in [0.5, 0.6) is 0 Å². The van der Waals surface area contributed by atoms with Crippen LogP contribution in [0, 0.1) is 0 Å². The third-order valence-corrected chi connectivity index (χ3v) is 1.83. The maximum absolute atomic E-state index is 2.16. The summed E-state index contributed by atoms with van der Waals surface area (Å²) in [6, 6.07) is 10.5. The molecule has 15 heavy (non-hydrogen) atoms. The second kappa shape index (κ2) is 13.0. The maximum atomic E-state index is 2.16. The van der Waals surface area contributed by atoms with E-state index in [0.717, 1.165) is 6.42 Å². The van der Waals surface area contributed by atoms with Crippen molar-refractivity contribution in [1.29, 1.82) is 0 Å². The van der Waals surface area contributed by atoms with Crippen LogP contribution in [0.4, 0.5) is 0 Å². The van der Waals surface area contributed by atoms with Gasteiger partial charge in [0.2, 0.25) is 0 Å². The van der Waals surface area contributed by atoms with Gasteiger partial charge in [0.1, 0.15) is 0 Å². The zero-order valence-corrected chi connectivity index (χ0v) is 11.2. The summed E-state index contributed by atoms with van der Waals surface area (Å²) in [6.45, 7) is 12.4. The number of benzene rings is 1. The minimum Gasteiger partial charge on any atom is -0.0890 e. The van der Waals surface area contributed by atoms with Crippen LogP contribution in [0.2, 0.25) is 0 Å². The predicted octanol–water partition coefficient (Wildman–Crippen LogP) is 5.25. The Morgan fingerprint density at radius 2 is 1.47 bits per heavy atom. The first-order valence-corrected chi connectivity index (χ1v) is 5.84. The first-order valence-electron chi connectivity index (χ1n) is 5.84. The molecule has 0 amide bonds. The highest BCUT2D eigenvalue weighted by atomic mass is 13.9. The fourth-order valence-electron chi connectivity index (χ4n) is 0.714. The number of hydrogen-bond donors (Lipinski definition) is 0. The lowest BCUT2D eigenvalue weighted by Crippen LogP contribution is -1.73. The number of hydrogen-bond acceptors (Lipinski definition) is 0. The highest BCUT2D eigenvalue weighted by molar-refractivity contribution is 5.13. The van der Waals surface area contributed by atoms with E-state index in [1.807, 2.05) is 26.8 Å². The monoisotopic (exact) mass is 206 g/mol. The van der Waals surface area contributed by atoms with Gasteiger partial charge in [0.05, 0.1) is 0 Å². The Bertz CT molecular complexity index is 227. The van der Waals surface area contributed by atoms with Gasteiger partial charge in [-0.25, -0.2) is 0 Å². The minimum absolute atomic E-state index is 1.14. The first-order chi connectivity index (χ1) is 7.20. The highest BCUT2D eigenvalue weighted by Crippen LogP contribution is 1.96. The molecule has 0 saturated heterocycles. The molecule has 1 rings (SSSR count). The normalized spacial score (nSPS) is 7.60. The second-order valence-corrected chi connectivity index (χ2v) is 3.21. The van der Waals surface area contributed by atoms with E-state index in [1.54, 1.807) is 0 Å². The first kappa shape index (κ1) is 16.4. The maximum Gasteiger partial charge on any atom is -0.0307 e. The van der Waals surface area contributed by atoms with Crippen molar-refractivity contribution in [3.8, 4) is 0 Å². The molecule has 0 fully saturated rings. The molecule has 0 bridgehead atoms. The van der Waals surface area contributed by atoms with Gasteiger partial charge in [0, 0.05) is 0 Å². The van der Waals surface area contributed by atoms with Gasteiger partial charge in [-0.05, 0) is 32.8 Å². The molecule has 0 nitrogen and oxygen atoms in total. The molecule has 0 spiro atoms. The molecular weight excluding hydrogens is 180 g/mol. The van der Waals surface area contributed by atoms with E-state index >= 15 is 0 Å². The van der Waals surface area contributed by atoms with E-state index in [1.165, 1.54) is 11.1 Å². The fraction of sp³-hybridized carbons (Fsp3) is 0.467. The Labute approximate surface area is 96.0 Å². The standard InChI is InChI=1S/C8H10.C5H10.C2H6/c1-2-8-6-4-3-5-7-8;1-4-5(2)3;1-2/h3-7H,2H2,1H3;4H,1-3H3;1-2H3. The topological polar surface area (TPSA) is 0 Å². The van der Waals surface area contributed by atoms with Crippen molar-refractivity contribution in [2.75, 3.05) is 0 Å². The van der Waals surface area contributed by atoms with Crippen molar-refractivity contribution in [3.63, 3.8) is 0 Å². The van der Waals surface area contributed by atoms with Crippen LogP contribution >= 0.6 is 0 Å².